The molecule has 0 atom stereocenters. The van der Waals surface area contributed by atoms with Gasteiger partial charge in [0.25, 0.3) is 0 Å². The van der Waals surface area contributed by atoms with Gasteiger partial charge >= 0.3 is 0 Å². The first-order valence-electron chi connectivity index (χ1n) is 10.9. The summed E-state index contributed by atoms with van der Waals surface area (Å²) in [5, 5.41) is 0. The van der Waals surface area contributed by atoms with Gasteiger partial charge in [-0.3, -0.25) is 0 Å². The van der Waals surface area contributed by atoms with E-state index in [0.717, 1.165) is 30.8 Å². The predicted molar refractivity (Wildman–Crippen MR) is 121 cm³/mol. The molecule has 0 spiro atoms. The Balaban J connectivity index is 3.56. The van der Waals surface area contributed by atoms with Gasteiger partial charge in [0.2, 0.25) is 10.0 Å². The van der Waals surface area contributed by atoms with Crippen molar-refractivity contribution >= 4 is 10.0 Å². The zero-order valence-electron chi connectivity index (χ0n) is 19.5. The van der Waals surface area contributed by atoms with Crippen LogP contribution in [0.4, 0.5) is 0 Å². The van der Waals surface area contributed by atoms with Crippen molar-refractivity contribution in [1.82, 2.24) is 9.21 Å². The standard InChI is InChI=1S/C23H42N2O2S/c1-10-24(11-2)13-14-25(12-3)28(26,27)23-21(18(6)7)15-20(17(4)5)16-22(23)19(8)9/h15-19H,10-14H2,1-9H3. The normalized spacial score (nSPS) is 12.9. The topological polar surface area (TPSA) is 40.6 Å². The number of nitrogens with zero attached hydrogens (tertiary/aromatic N) is 2. The predicted octanol–water partition coefficient (Wildman–Crippen LogP) is 5.41. The maximum Gasteiger partial charge on any atom is 0.243 e. The van der Waals surface area contributed by atoms with E-state index in [2.05, 4.69) is 72.4 Å². The zero-order chi connectivity index (χ0) is 21.6. The smallest absolute Gasteiger partial charge is 0.243 e. The van der Waals surface area contributed by atoms with Crippen LogP contribution in [-0.4, -0.2) is 50.3 Å². The first-order chi connectivity index (χ1) is 13.0. The molecule has 0 aromatic heterocycles. The maximum absolute atomic E-state index is 13.8. The molecular formula is C23H42N2O2S. The van der Waals surface area contributed by atoms with E-state index in [4.69, 9.17) is 0 Å². The van der Waals surface area contributed by atoms with E-state index >= 15 is 0 Å². The molecule has 1 aromatic carbocycles. The SMILES string of the molecule is CCN(CC)CCN(CC)S(=O)(=O)c1c(C(C)C)cc(C(C)C)cc1C(C)C. The van der Waals surface area contributed by atoms with Gasteiger partial charge in [0.15, 0.2) is 0 Å². The molecule has 0 saturated heterocycles. The van der Waals surface area contributed by atoms with Crippen molar-refractivity contribution in [2.45, 2.75) is 85.0 Å². The van der Waals surface area contributed by atoms with Crippen LogP contribution < -0.4 is 0 Å². The Morgan fingerprint density at radius 1 is 0.750 bits per heavy atom. The molecule has 0 radical (unpaired) electrons. The van der Waals surface area contributed by atoms with Crippen molar-refractivity contribution in [1.29, 1.82) is 0 Å². The van der Waals surface area contributed by atoms with Gasteiger partial charge in [0.05, 0.1) is 4.90 Å². The molecule has 28 heavy (non-hydrogen) atoms. The summed E-state index contributed by atoms with van der Waals surface area (Å²) in [6.45, 7) is 22.5. The van der Waals surface area contributed by atoms with Crippen LogP contribution in [-0.2, 0) is 10.0 Å². The Labute approximate surface area is 174 Å². The van der Waals surface area contributed by atoms with Gasteiger partial charge in [-0.05, 0) is 47.5 Å². The fourth-order valence-electron chi connectivity index (χ4n) is 3.56. The summed E-state index contributed by atoms with van der Waals surface area (Å²) in [5.41, 5.74) is 3.13. The Hall–Kier alpha value is -0.910. The quantitative estimate of drug-likeness (QED) is 0.490. The molecular weight excluding hydrogens is 368 g/mol. The third-order valence-electron chi connectivity index (χ3n) is 5.59. The molecule has 5 heteroatoms. The van der Waals surface area contributed by atoms with Crippen LogP contribution in [0, 0.1) is 0 Å². The third-order valence-corrected chi connectivity index (χ3v) is 7.70. The summed E-state index contributed by atoms with van der Waals surface area (Å²) < 4.78 is 29.2. The number of rotatable bonds is 11. The highest BCUT2D eigenvalue weighted by Gasteiger charge is 2.31. The van der Waals surface area contributed by atoms with Crippen molar-refractivity contribution in [3.63, 3.8) is 0 Å². The summed E-state index contributed by atoms with van der Waals surface area (Å²) >= 11 is 0. The molecule has 0 N–H and O–H groups in total. The van der Waals surface area contributed by atoms with Crippen LogP contribution in [0.5, 0.6) is 0 Å². The fourth-order valence-corrected chi connectivity index (χ4v) is 5.66. The molecule has 1 aromatic rings. The fraction of sp³-hybridized carbons (Fsp3) is 0.739. The van der Waals surface area contributed by atoms with Gasteiger partial charge in [-0.25, -0.2) is 8.42 Å². The minimum absolute atomic E-state index is 0.155. The molecule has 0 heterocycles. The largest absolute Gasteiger partial charge is 0.303 e. The highest BCUT2D eigenvalue weighted by molar-refractivity contribution is 7.89. The monoisotopic (exact) mass is 410 g/mol. The van der Waals surface area contributed by atoms with Crippen LogP contribution in [0.2, 0.25) is 0 Å². The first-order valence-corrected chi connectivity index (χ1v) is 12.3. The second-order valence-electron chi connectivity index (χ2n) is 8.52. The van der Waals surface area contributed by atoms with Gasteiger partial charge in [-0.1, -0.05) is 74.4 Å². The van der Waals surface area contributed by atoms with E-state index in [0.29, 0.717) is 23.9 Å². The molecule has 0 aliphatic rings. The van der Waals surface area contributed by atoms with E-state index < -0.39 is 10.0 Å². The van der Waals surface area contributed by atoms with Crippen molar-refractivity contribution in [3.8, 4) is 0 Å². The number of benzene rings is 1. The molecule has 0 unspecified atom stereocenters. The molecule has 0 bridgehead atoms. The summed E-state index contributed by atoms with van der Waals surface area (Å²) in [4.78, 5) is 2.82. The van der Waals surface area contributed by atoms with Crippen molar-refractivity contribution in [2.75, 3.05) is 32.7 Å². The lowest BCUT2D eigenvalue weighted by atomic mass is 9.89. The van der Waals surface area contributed by atoms with Crippen LogP contribution in [0.25, 0.3) is 0 Å². The van der Waals surface area contributed by atoms with Gasteiger partial charge in [0.1, 0.15) is 0 Å². The van der Waals surface area contributed by atoms with E-state index in [1.54, 1.807) is 4.31 Å². The van der Waals surface area contributed by atoms with Crippen molar-refractivity contribution in [2.24, 2.45) is 0 Å². The average molecular weight is 411 g/mol. The third kappa shape index (κ3) is 5.80. The van der Waals surface area contributed by atoms with E-state index in [9.17, 15) is 8.42 Å². The summed E-state index contributed by atoms with van der Waals surface area (Å²) in [7, 11) is -3.55. The van der Waals surface area contributed by atoms with Crippen molar-refractivity contribution < 1.29 is 8.42 Å². The molecule has 4 nitrogen and oxygen atoms in total. The summed E-state index contributed by atoms with van der Waals surface area (Å²) in [6, 6.07) is 4.23. The second-order valence-corrected chi connectivity index (χ2v) is 10.4. The molecule has 0 fully saturated rings. The lowest BCUT2D eigenvalue weighted by molar-refractivity contribution is 0.274. The van der Waals surface area contributed by atoms with E-state index in [1.165, 1.54) is 5.56 Å². The van der Waals surface area contributed by atoms with Crippen LogP contribution in [0.15, 0.2) is 17.0 Å². The van der Waals surface area contributed by atoms with E-state index in [-0.39, 0.29) is 11.8 Å². The molecule has 0 aliphatic carbocycles. The number of likely N-dealkylation sites (N-methyl/N-ethyl adjacent to an activating group) is 2. The van der Waals surface area contributed by atoms with E-state index in [1.807, 2.05) is 6.92 Å². The minimum atomic E-state index is -3.55. The number of sulfonamides is 1. The highest BCUT2D eigenvalue weighted by atomic mass is 32.2. The molecule has 0 amide bonds. The first kappa shape index (κ1) is 25.1. The van der Waals surface area contributed by atoms with Gasteiger partial charge in [0, 0.05) is 19.6 Å². The second kappa shape index (κ2) is 10.7. The lowest BCUT2D eigenvalue weighted by Crippen LogP contribution is -2.39. The Kier molecular flexibility index (Phi) is 9.65. The van der Waals surface area contributed by atoms with Gasteiger partial charge in [-0.15, -0.1) is 0 Å². The van der Waals surface area contributed by atoms with Gasteiger partial charge in [-0.2, -0.15) is 4.31 Å². The molecule has 1 rings (SSSR count). The summed E-state index contributed by atoms with van der Waals surface area (Å²) in [5.74, 6) is 0.682. The minimum Gasteiger partial charge on any atom is -0.303 e. The summed E-state index contributed by atoms with van der Waals surface area (Å²) in [6.07, 6.45) is 0. The molecule has 162 valence electrons. The van der Waals surface area contributed by atoms with Crippen molar-refractivity contribution in [3.05, 3.63) is 28.8 Å². The Morgan fingerprint density at radius 3 is 1.54 bits per heavy atom. The lowest BCUT2D eigenvalue weighted by Gasteiger charge is -2.29. The number of hydrogen-bond acceptors (Lipinski definition) is 3. The Morgan fingerprint density at radius 2 is 1.21 bits per heavy atom. The highest BCUT2D eigenvalue weighted by Crippen LogP contribution is 2.36. The molecule has 0 aliphatic heterocycles. The van der Waals surface area contributed by atoms with Crippen LogP contribution >= 0.6 is 0 Å². The number of hydrogen-bond donors (Lipinski definition) is 0. The van der Waals surface area contributed by atoms with Gasteiger partial charge < -0.3 is 4.90 Å². The van der Waals surface area contributed by atoms with Crippen LogP contribution in [0.1, 0.15) is 96.8 Å². The Bertz CT molecular complexity index is 691. The van der Waals surface area contributed by atoms with Crippen LogP contribution in [0.3, 0.4) is 0 Å². The maximum atomic E-state index is 13.8. The zero-order valence-corrected chi connectivity index (χ0v) is 20.4. The average Bonchev–Trinajstić information content (AvgIpc) is 2.63. The molecule has 0 saturated carbocycles.